The molecule has 178 valence electrons. The van der Waals surface area contributed by atoms with E-state index in [0.29, 0.717) is 16.2 Å². The highest BCUT2D eigenvalue weighted by Gasteiger charge is 2.60. The number of halogens is 7. The van der Waals surface area contributed by atoms with Gasteiger partial charge in [0, 0.05) is 62.1 Å². The molecule has 2 rings (SSSR count). The number of amides is 1. The summed E-state index contributed by atoms with van der Waals surface area (Å²) in [6.45, 7) is 0.311. The zero-order valence-corrected chi connectivity index (χ0v) is 17.6. The van der Waals surface area contributed by atoms with Crippen LogP contribution in [0.1, 0.15) is 5.56 Å². The Kier molecular flexibility index (Phi) is 8.41. The zero-order chi connectivity index (χ0) is 24.1. The van der Waals surface area contributed by atoms with Crippen molar-refractivity contribution in [3.05, 3.63) is 46.6 Å². The van der Waals surface area contributed by atoms with Crippen LogP contribution >= 0.6 is 11.6 Å². The molecule has 13 heteroatoms. The first-order valence-corrected chi connectivity index (χ1v) is 9.74. The highest BCUT2D eigenvalue weighted by Crippen LogP contribution is 2.36. The van der Waals surface area contributed by atoms with Crippen LogP contribution in [-0.2, 0) is 4.74 Å². The van der Waals surface area contributed by atoms with Crippen LogP contribution in [0.2, 0.25) is 5.02 Å². The Balaban J connectivity index is 1.99. The highest BCUT2D eigenvalue weighted by molar-refractivity contribution is 6.35. The molecule has 32 heavy (non-hydrogen) atoms. The van der Waals surface area contributed by atoms with E-state index in [1.165, 1.54) is 0 Å². The first-order valence-electron chi connectivity index (χ1n) is 9.36. The van der Waals surface area contributed by atoms with Gasteiger partial charge >= 0.3 is 18.4 Å². The molecule has 1 aliphatic rings. The minimum atomic E-state index is -5.76. The van der Waals surface area contributed by atoms with E-state index in [0.717, 1.165) is 4.90 Å². The number of carbonyl (C=O) groups is 1. The van der Waals surface area contributed by atoms with Crippen LogP contribution < -0.4 is 5.32 Å². The lowest BCUT2D eigenvalue weighted by molar-refractivity contribution is -0.308. The zero-order valence-electron chi connectivity index (χ0n) is 16.9. The van der Waals surface area contributed by atoms with Gasteiger partial charge < -0.3 is 15.0 Å². The molecule has 6 nitrogen and oxygen atoms in total. The molecule has 1 saturated heterocycles. The molecule has 1 aromatic rings. The molecular weight excluding hydrogens is 466 g/mol. The monoisotopic (exact) mass is 486 g/mol. The van der Waals surface area contributed by atoms with Crippen molar-refractivity contribution in [2.75, 3.05) is 39.8 Å². The molecule has 0 aliphatic carbocycles. The quantitative estimate of drug-likeness (QED) is 0.470. The van der Waals surface area contributed by atoms with Gasteiger partial charge in [-0.05, 0) is 6.07 Å². The Bertz CT molecular complexity index is 837. The third-order valence-electron chi connectivity index (χ3n) is 4.62. The van der Waals surface area contributed by atoms with Crippen LogP contribution in [0.25, 0.3) is 0 Å². The second-order valence-electron chi connectivity index (χ2n) is 6.92. The fourth-order valence-electron chi connectivity index (χ4n) is 3.03. The lowest BCUT2D eigenvalue weighted by atomic mass is 10.0. The minimum Gasteiger partial charge on any atom is -0.426 e. The topological polar surface area (TPSA) is 68.7 Å². The second kappa shape index (κ2) is 10.4. The fourth-order valence-corrected chi connectivity index (χ4v) is 3.26. The molecule has 0 radical (unpaired) electrons. The van der Waals surface area contributed by atoms with E-state index in [1.807, 2.05) is 4.90 Å². The van der Waals surface area contributed by atoms with Crippen LogP contribution in [0, 0.1) is 5.41 Å². The summed E-state index contributed by atoms with van der Waals surface area (Å²) in [5.41, 5.74) is 1.22. The van der Waals surface area contributed by atoms with Gasteiger partial charge in [0.25, 0.3) is 6.10 Å². The summed E-state index contributed by atoms with van der Waals surface area (Å²) in [6, 6.07) is 6.77. The SMILES string of the molecule is CN/C=C(/CN1CCN(C(=O)OC(C(F)(F)F)C(F)(F)F)CC1)C(=N)c1ccccc1Cl. The molecule has 1 amide bonds. The number of nitrogens with one attached hydrogen (secondary N) is 2. The second-order valence-corrected chi connectivity index (χ2v) is 7.33. The number of hydrogen-bond acceptors (Lipinski definition) is 5. The summed E-state index contributed by atoms with van der Waals surface area (Å²) >= 11 is 6.15. The van der Waals surface area contributed by atoms with Crippen LogP contribution in [-0.4, -0.2) is 79.8 Å². The van der Waals surface area contributed by atoms with Gasteiger partial charge in [0.05, 0.1) is 5.71 Å². The Morgan fingerprint density at radius 1 is 1.16 bits per heavy atom. The van der Waals surface area contributed by atoms with Crippen molar-refractivity contribution in [3.63, 3.8) is 0 Å². The van der Waals surface area contributed by atoms with E-state index in [4.69, 9.17) is 17.0 Å². The van der Waals surface area contributed by atoms with E-state index < -0.39 is 24.5 Å². The smallest absolute Gasteiger partial charge is 0.426 e. The molecule has 1 aromatic carbocycles. The van der Waals surface area contributed by atoms with E-state index in [9.17, 15) is 31.1 Å². The van der Waals surface area contributed by atoms with Crippen LogP contribution in [0.3, 0.4) is 0 Å². The van der Waals surface area contributed by atoms with Crippen molar-refractivity contribution >= 4 is 23.4 Å². The number of rotatable bonds is 6. The lowest BCUT2D eigenvalue weighted by Crippen LogP contribution is -2.53. The van der Waals surface area contributed by atoms with E-state index in [-0.39, 0.29) is 38.4 Å². The molecule has 1 fully saturated rings. The molecule has 0 bridgehead atoms. The Morgan fingerprint density at radius 3 is 2.22 bits per heavy atom. The highest BCUT2D eigenvalue weighted by atomic mass is 35.5. The van der Waals surface area contributed by atoms with Gasteiger partial charge in [0.15, 0.2) is 0 Å². The molecule has 0 saturated carbocycles. The maximum absolute atomic E-state index is 12.6. The predicted molar refractivity (Wildman–Crippen MR) is 106 cm³/mol. The maximum Gasteiger partial charge on any atom is 0.434 e. The molecule has 0 spiro atoms. The van der Waals surface area contributed by atoms with Gasteiger partial charge in [-0.2, -0.15) is 26.3 Å². The number of hydrogen-bond donors (Lipinski definition) is 2. The molecule has 0 unspecified atom stereocenters. The van der Waals surface area contributed by atoms with Crippen molar-refractivity contribution in [3.8, 4) is 0 Å². The van der Waals surface area contributed by atoms with Gasteiger partial charge in [0.2, 0.25) is 0 Å². The fraction of sp³-hybridized carbons (Fsp3) is 0.474. The summed E-state index contributed by atoms with van der Waals surface area (Å²) in [5.74, 6) is 0. The van der Waals surface area contributed by atoms with Gasteiger partial charge in [-0.15, -0.1) is 0 Å². The summed E-state index contributed by atoms with van der Waals surface area (Å²) < 4.78 is 79.3. The Labute approximate surface area is 185 Å². The summed E-state index contributed by atoms with van der Waals surface area (Å²) in [5, 5.41) is 11.7. The summed E-state index contributed by atoms with van der Waals surface area (Å²) in [6.07, 6.45) is -15.8. The first-order chi connectivity index (χ1) is 14.8. The lowest BCUT2D eigenvalue weighted by Gasteiger charge is -2.35. The predicted octanol–water partition coefficient (Wildman–Crippen LogP) is 4.06. The Hall–Kier alpha value is -2.47. The van der Waals surface area contributed by atoms with E-state index in [1.54, 1.807) is 37.5 Å². The number of carbonyl (C=O) groups excluding carboxylic acids is 1. The van der Waals surface area contributed by atoms with Crippen LogP contribution in [0.5, 0.6) is 0 Å². The average Bonchev–Trinajstić information content (AvgIpc) is 2.70. The molecular formula is C19H21ClF6N4O2. The van der Waals surface area contributed by atoms with Gasteiger partial charge in [-0.3, -0.25) is 10.3 Å². The Morgan fingerprint density at radius 2 is 1.72 bits per heavy atom. The number of nitrogens with zero attached hydrogens (tertiary/aromatic N) is 2. The van der Waals surface area contributed by atoms with Crippen molar-refractivity contribution in [1.29, 1.82) is 5.41 Å². The van der Waals surface area contributed by atoms with Crippen LogP contribution in [0.4, 0.5) is 31.1 Å². The summed E-state index contributed by atoms with van der Waals surface area (Å²) in [4.78, 5) is 14.5. The van der Waals surface area contributed by atoms with E-state index >= 15 is 0 Å². The first kappa shape index (κ1) is 25.8. The standard InChI is InChI=1S/C19H21ClF6N4O2/c1-28-10-12(15(27)13-4-2-3-5-14(13)20)11-29-6-8-30(9-7-29)17(31)32-16(18(21,22)23)19(24,25)26/h2-5,10,16,27-28H,6-9,11H2,1H3/b12-10-,27-15?. The molecule has 0 aromatic heterocycles. The van der Waals surface area contributed by atoms with Crippen molar-refractivity contribution in [2.24, 2.45) is 0 Å². The normalized spacial score (nSPS) is 16.3. The van der Waals surface area contributed by atoms with Gasteiger partial charge in [0.1, 0.15) is 0 Å². The molecule has 1 aliphatic heterocycles. The third kappa shape index (κ3) is 6.76. The van der Waals surface area contributed by atoms with Crippen molar-refractivity contribution < 1.29 is 35.9 Å². The summed E-state index contributed by atoms with van der Waals surface area (Å²) in [7, 11) is 1.64. The van der Waals surface area contributed by atoms with Crippen molar-refractivity contribution in [1.82, 2.24) is 15.1 Å². The largest absolute Gasteiger partial charge is 0.434 e. The number of ether oxygens (including phenoxy) is 1. The molecule has 2 N–H and O–H groups in total. The molecule has 0 atom stereocenters. The maximum atomic E-state index is 12.6. The number of alkyl halides is 6. The average molecular weight is 487 g/mol. The third-order valence-corrected chi connectivity index (χ3v) is 4.95. The van der Waals surface area contributed by atoms with E-state index in [2.05, 4.69) is 10.1 Å². The minimum absolute atomic E-state index is 0.131. The number of piperazine rings is 1. The van der Waals surface area contributed by atoms with Gasteiger partial charge in [-0.25, -0.2) is 4.79 Å². The number of benzene rings is 1. The van der Waals surface area contributed by atoms with Crippen molar-refractivity contribution in [2.45, 2.75) is 18.5 Å². The van der Waals surface area contributed by atoms with Gasteiger partial charge in [-0.1, -0.05) is 29.8 Å². The van der Waals surface area contributed by atoms with Crippen LogP contribution in [0.15, 0.2) is 36.0 Å². The molecule has 1 heterocycles.